The van der Waals surface area contributed by atoms with Crippen molar-refractivity contribution < 1.29 is 14.3 Å². The Balaban J connectivity index is 1.77. The number of aromatic nitrogens is 3. The highest BCUT2D eigenvalue weighted by Gasteiger charge is 2.25. The summed E-state index contributed by atoms with van der Waals surface area (Å²) in [7, 11) is -1.13. The molecule has 170 valence electrons. The van der Waals surface area contributed by atoms with Crippen LogP contribution >= 0.6 is 15.9 Å². The van der Waals surface area contributed by atoms with E-state index in [1.54, 1.807) is 11.1 Å². The average Bonchev–Trinajstić information content (AvgIpc) is 3.01. The highest BCUT2D eigenvalue weighted by atomic mass is 79.9. The van der Waals surface area contributed by atoms with E-state index in [0.717, 1.165) is 41.4 Å². The predicted octanol–water partition coefficient (Wildman–Crippen LogP) is 5.53. The van der Waals surface area contributed by atoms with E-state index in [0.29, 0.717) is 24.4 Å². The molecule has 0 saturated heterocycles. The van der Waals surface area contributed by atoms with Crippen molar-refractivity contribution in [2.24, 2.45) is 0 Å². The molecule has 0 unspecified atom stereocenters. The summed E-state index contributed by atoms with van der Waals surface area (Å²) in [6, 6.07) is 1.13. The van der Waals surface area contributed by atoms with Crippen LogP contribution < -0.4 is 0 Å². The van der Waals surface area contributed by atoms with Gasteiger partial charge < -0.3 is 18.9 Å². The van der Waals surface area contributed by atoms with Crippen LogP contribution in [-0.4, -0.2) is 58.9 Å². The second kappa shape index (κ2) is 9.42. The molecule has 0 saturated carbocycles. The molecule has 0 bridgehead atoms. The molecule has 0 N–H and O–H groups in total. The van der Waals surface area contributed by atoms with E-state index in [1.807, 2.05) is 25.3 Å². The van der Waals surface area contributed by atoms with Crippen LogP contribution in [0.1, 0.15) is 32.8 Å². The molecule has 9 heteroatoms. The molecule has 3 heterocycles. The molecule has 2 aromatic heterocycles. The zero-order chi connectivity index (χ0) is 22.8. The lowest BCUT2D eigenvalue weighted by atomic mass is 10.0. The van der Waals surface area contributed by atoms with Gasteiger partial charge in [-0.25, -0.2) is 14.8 Å². The number of rotatable bonds is 6. The number of amides is 1. The van der Waals surface area contributed by atoms with Crippen molar-refractivity contribution in [1.82, 2.24) is 19.4 Å². The van der Waals surface area contributed by atoms with Crippen molar-refractivity contribution >= 4 is 46.8 Å². The maximum Gasteiger partial charge on any atom is 0.410 e. The fourth-order valence-electron chi connectivity index (χ4n) is 3.31. The average molecular weight is 510 g/mol. The summed E-state index contributed by atoms with van der Waals surface area (Å²) in [6.45, 7) is 15.0. The van der Waals surface area contributed by atoms with Gasteiger partial charge in [-0.15, -0.1) is 0 Å². The van der Waals surface area contributed by atoms with Gasteiger partial charge in [0.1, 0.15) is 22.5 Å². The van der Waals surface area contributed by atoms with Gasteiger partial charge in [0.15, 0.2) is 5.65 Å². The Morgan fingerprint density at radius 3 is 2.65 bits per heavy atom. The van der Waals surface area contributed by atoms with Crippen LogP contribution in [0.3, 0.4) is 0 Å². The molecule has 31 heavy (non-hydrogen) atoms. The Morgan fingerprint density at radius 2 is 2.03 bits per heavy atom. The number of carbonyl (C=O) groups is 1. The van der Waals surface area contributed by atoms with E-state index < -0.39 is 13.7 Å². The first kappa shape index (κ1) is 23.9. The van der Waals surface area contributed by atoms with Gasteiger partial charge in [-0.1, -0.05) is 25.7 Å². The van der Waals surface area contributed by atoms with Gasteiger partial charge in [0.25, 0.3) is 0 Å². The first-order chi connectivity index (χ1) is 14.4. The number of hydrogen-bond donors (Lipinski definition) is 0. The van der Waals surface area contributed by atoms with E-state index in [9.17, 15) is 4.79 Å². The molecule has 0 aliphatic carbocycles. The lowest BCUT2D eigenvalue weighted by Crippen LogP contribution is -2.39. The van der Waals surface area contributed by atoms with E-state index in [-0.39, 0.29) is 6.09 Å². The van der Waals surface area contributed by atoms with Gasteiger partial charge in [0, 0.05) is 39.5 Å². The Kier molecular flexibility index (Phi) is 7.27. The normalized spacial score (nSPS) is 15.3. The Morgan fingerprint density at radius 1 is 1.29 bits per heavy atom. The molecule has 0 fully saturated rings. The van der Waals surface area contributed by atoms with E-state index >= 15 is 0 Å². The quantitative estimate of drug-likeness (QED) is 0.378. The fourth-order valence-corrected chi connectivity index (χ4v) is 4.35. The standard InChI is InChI=1S/C22H33BrN4O3Si/c1-22(2,3)30-21(28)26-9-7-16(8-10-26)17-14-27(15-29-11-12-31(4,5)6)20-19(17)25-18(23)13-24-20/h7,13-14H,8-12,15H2,1-6H3. The van der Waals surface area contributed by atoms with Gasteiger partial charge in [0.05, 0.1) is 6.20 Å². The van der Waals surface area contributed by atoms with Crippen molar-refractivity contribution in [3.63, 3.8) is 0 Å². The third-order valence-corrected chi connectivity index (χ3v) is 7.06. The van der Waals surface area contributed by atoms with Gasteiger partial charge >= 0.3 is 6.09 Å². The smallest absolute Gasteiger partial charge is 0.410 e. The first-order valence-corrected chi connectivity index (χ1v) is 15.2. The number of halogens is 1. The Hall–Kier alpha value is -1.71. The minimum Gasteiger partial charge on any atom is -0.444 e. The van der Waals surface area contributed by atoms with Crippen molar-refractivity contribution in [2.75, 3.05) is 19.7 Å². The molecular weight excluding hydrogens is 476 g/mol. The predicted molar refractivity (Wildman–Crippen MR) is 130 cm³/mol. The van der Waals surface area contributed by atoms with Crippen molar-refractivity contribution in [3.8, 4) is 0 Å². The molecule has 0 spiro atoms. The molecule has 0 aromatic carbocycles. The van der Waals surface area contributed by atoms with Crippen molar-refractivity contribution in [2.45, 2.75) is 65.2 Å². The molecule has 7 nitrogen and oxygen atoms in total. The number of carbonyl (C=O) groups excluding carboxylic acids is 1. The highest BCUT2D eigenvalue weighted by molar-refractivity contribution is 9.10. The molecule has 3 rings (SSSR count). The van der Waals surface area contributed by atoms with Gasteiger partial charge in [-0.2, -0.15) is 0 Å². The minimum atomic E-state index is -1.13. The third-order valence-electron chi connectivity index (χ3n) is 4.97. The molecule has 0 atom stereocenters. The maximum atomic E-state index is 12.4. The summed E-state index contributed by atoms with van der Waals surface area (Å²) in [5.74, 6) is 0. The summed E-state index contributed by atoms with van der Waals surface area (Å²) >= 11 is 3.44. The number of fused-ring (bicyclic) bond motifs is 1. The van der Waals surface area contributed by atoms with E-state index in [1.165, 1.54) is 0 Å². The monoisotopic (exact) mass is 508 g/mol. The maximum absolute atomic E-state index is 12.4. The largest absolute Gasteiger partial charge is 0.444 e. The fraction of sp³-hybridized carbons (Fsp3) is 0.591. The number of hydrogen-bond acceptors (Lipinski definition) is 5. The Labute approximate surface area is 194 Å². The second-order valence-electron chi connectivity index (χ2n) is 10.1. The molecule has 0 radical (unpaired) electrons. The van der Waals surface area contributed by atoms with Crippen LogP contribution in [0.25, 0.3) is 16.7 Å². The lowest BCUT2D eigenvalue weighted by Gasteiger charge is -2.29. The van der Waals surface area contributed by atoms with Crippen LogP contribution in [-0.2, 0) is 16.2 Å². The second-order valence-corrected chi connectivity index (χ2v) is 16.6. The minimum absolute atomic E-state index is 0.274. The molecule has 1 aliphatic heterocycles. The summed E-state index contributed by atoms with van der Waals surface area (Å²) in [4.78, 5) is 23.4. The number of ether oxygens (including phenoxy) is 2. The van der Waals surface area contributed by atoms with E-state index in [2.05, 4.69) is 57.8 Å². The summed E-state index contributed by atoms with van der Waals surface area (Å²) in [6.07, 6.45) is 6.33. The summed E-state index contributed by atoms with van der Waals surface area (Å²) < 4.78 is 14.2. The molecule has 2 aromatic rings. The lowest BCUT2D eigenvalue weighted by molar-refractivity contribution is 0.0270. The first-order valence-electron chi connectivity index (χ1n) is 10.7. The van der Waals surface area contributed by atoms with Gasteiger partial charge in [-0.05, 0) is 54.7 Å². The summed E-state index contributed by atoms with van der Waals surface area (Å²) in [5, 5.41) is 0. The van der Waals surface area contributed by atoms with Crippen molar-refractivity contribution in [3.05, 3.63) is 28.6 Å². The molecular formula is C22H33BrN4O3Si. The van der Waals surface area contributed by atoms with Crippen LogP contribution in [0.2, 0.25) is 25.7 Å². The zero-order valence-electron chi connectivity index (χ0n) is 19.4. The Bertz CT molecular complexity index is 976. The van der Waals surface area contributed by atoms with E-state index in [4.69, 9.17) is 9.47 Å². The van der Waals surface area contributed by atoms with Gasteiger partial charge in [0.2, 0.25) is 0 Å². The molecule has 1 aliphatic rings. The van der Waals surface area contributed by atoms with Crippen LogP contribution in [0.15, 0.2) is 23.1 Å². The van der Waals surface area contributed by atoms with Crippen molar-refractivity contribution in [1.29, 1.82) is 0 Å². The SMILES string of the molecule is CC(C)(C)OC(=O)N1CC=C(c2cn(COCC[Si](C)(C)C)c3ncc(Br)nc23)CC1. The van der Waals surface area contributed by atoms with Crippen LogP contribution in [0, 0.1) is 0 Å². The molecule has 1 amide bonds. The third kappa shape index (κ3) is 6.63. The van der Waals surface area contributed by atoms with Crippen LogP contribution in [0.5, 0.6) is 0 Å². The van der Waals surface area contributed by atoms with Gasteiger partial charge in [-0.3, -0.25) is 0 Å². The highest BCUT2D eigenvalue weighted by Crippen LogP contribution is 2.30. The van der Waals surface area contributed by atoms with Crippen LogP contribution in [0.4, 0.5) is 4.79 Å². The summed E-state index contributed by atoms with van der Waals surface area (Å²) in [5.41, 5.74) is 3.37. The number of nitrogens with zero attached hydrogens (tertiary/aromatic N) is 4. The topological polar surface area (TPSA) is 69.5 Å². The zero-order valence-corrected chi connectivity index (χ0v) is 22.0.